The molecule has 0 aliphatic rings. The number of alkyl halides is 3. The number of aryl methyl sites for hydroxylation is 1. The highest BCUT2D eigenvalue weighted by Gasteiger charge is 2.29. The van der Waals surface area contributed by atoms with Gasteiger partial charge >= 0.3 is 6.18 Å². The number of aromatic nitrogens is 1. The molecular weight excluding hydrogens is 353 g/mol. The maximum absolute atomic E-state index is 12.6. The van der Waals surface area contributed by atoms with E-state index in [0.717, 1.165) is 29.0 Å². The number of nitrogens with zero attached hydrogens (tertiary/aromatic N) is 1. The van der Waals surface area contributed by atoms with Gasteiger partial charge in [-0.05, 0) is 60.0 Å². The van der Waals surface area contributed by atoms with Crippen molar-refractivity contribution in [3.05, 3.63) is 83.7 Å². The van der Waals surface area contributed by atoms with Crippen molar-refractivity contribution in [2.75, 3.05) is 5.32 Å². The summed E-state index contributed by atoms with van der Waals surface area (Å²) < 4.78 is 37.7. The number of benzene rings is 2. The standard InChI is InChI=1S/C21H17F3N2O/c1-14-12-17(10-11-25-14)16-4-8-19(9-5-16)26-20(27)13-15-2-6-18(7-3-15)21(22,23)24/h2-12H,13H2,1H3,(H,26,27). The molecule has 138 valence electrons. The number of carbonyl (C=O) groups excluding carboxylic acids is 1. The van der Waals surface area contributed by atoms with E-state index in [1.165, 1.54) is 12.1 Å². The first-order valence-electron chi connectivity index (χ1n) is 8.30. The van der Waals surface area contributed by atoms with E-state index < -0.39 is 11.7 Å². The van der Waals surface area contributed by atoms with Crippen molar-refractivity contribution >= 4 is 11.6 Å². The minimum atomic E-state index is -4.38. The van der Waals surface area contributed by atoms with Gasteiger partial charge < -0.3 is 5.32 Å². The van der Waals surface area contributed by atoms with E-state index in [2.05, 4.69) is 10.3 Å². The van der Waals surface area contributed by atoms with Crippen molar-refractivity contribution < 1.29 is 18.0 Å². The van der Waals surface area contributed by atoms with Crippen LogP contribution in [0.2, 0.25) is 0 Å². The summed E-state index contributed by atoms with van der Waals surface area (Å²) in [5, 5.41) is 2.75. The molecule has 0 fully saturated rings. The maximum atomic E-state index is 12.6. The molecule has 0 saturated carbocycles. The lowest BCUT2D eigenvalue weighted by atomic mass is 10.1. The molecule has 0 radical (unpaired) electrons. The zero-order chi connectivity index (χ0) is 19.4. The lowest BCUT2D eigenvalue weighted by Crippen LogP contribution is -2.14. The van der Waals surface area contributed by atoms with E-state index in [0.29, 0.717) is 11.3 Å². The fourth-order valence-electron chi connectivity index (χ4n) is 2.67. The molecule has 0 bridgehead atoms. The predicted molar refractivity (Wildman–Crippen MR) is 98.2 cm³/mol. The SMILES string of the molecule is Cc1cc(-c2ccc(NC(=O)Cc3ccc(C(F)(F)F)cc3)cc2)ccn1. The van der Waals surface area contributed by atoms with Gasteiger partial charge in [-0.15, -0.1) is 0 Å². The Morgan fingerprint density at radius 2 is 1.63 bits per heavy atom. The summed E-state index contributed by atoms with van der Waals surface area (Å²) in [5.74, 6) is -0.290. The molecule has 2 aromatic carbocycles. The van der Waals surface area contributed by atoms with Gasteiger partial charge in [-0.3, -0.25) is 9.78 Å². The first-order valence-corrected chi connectivity index (χ1v) is 8.30. The molecule has 0 atom stereocenters. The van der Waals surface area contributed by atoms with Gasteiger partial charge in [0, 0.05) is 17.6 Å². The quantitative estimate of drug-likeness (QED) is 0.681. The number of nitrogens with one attached hydrogen (secondary N) is 1. The van der Waals surface area contributed by atoms with Crippen LogP contribution >= 0.6 is 0 Å². The zero-order valence-corrected chi connectivity index (χ0v) is 14.5. The van der Waals surface area contributed by atoms with E-state index in [4.69, 9.17) is 0 Å². The van der Waals surface area contributed by atoms with Gasteiger partial charge in [0.25, 0.3) is 0 Å². The van der Waals surface area contributed by atoms with Crippen LogP contribution in [-0.2, 0) is 17.4 Å². The smallest absolute Gasteiger partial charge is 0.326 e. The summed E-state index contributed by atoms with van der Waals surface area (Å²) in [4.78, 5) is 16.3. The second kappa shape index (κ2) is 7.61. The van der Waals surface area contributed by atoms with Crippen molar-refractivity contribution in [2.24, 2.45) is 0 Å². The molecule has 3 rings (SSSR count). The van der Waals surface area contributed by atoms with Crippen molar-refractivity contribution in [1.29, 1.82) is 0 Å². The lowest BCUT2D eigenvalue weighted by molar-refractivity contribution is -0.137. The number of rotatable bonds is 4. The normalized spacial score (nSPS) is 11.3. The Hall–Kier alpha value is -3.15. The van der Waals surface area contributed by atoms with E-state index in [1.54, 1.807) is 18.3 Å². The molecule has 27 heavy (non-hydrogen) atoms. The Balaban J connectivity index is 1.62. The molecule has 0 unspecified atom stereocenters. The lowest BCUT2D eigenvalue weighted by Gasteiger charge is -2.09. The van der Waals surface area contributed by atoms with Crippen LogP contribution in [0.25, 0.3) is 11.1 Å². The van der Waals surface area contributed by atoms with Crippen molar-refractivity contribution in [1.82, 2.24) is 4.98 Å². The highest BCUT2D eigenvalue weighted by atomic mass is 19.4. The number of hydrogen-bond donors (Lipinski definition) is 1. The molecular formula is C21H17F3N2O. The summed E-state index contributed by atoms with van der Waals surface area (Å²) in [5.41, 5.74) is 3.37. The van der Waals surface area contributed by atoms with Crippen LogP contribution in [0.3, 0.4) is 0 Å². The molecule has 3 nitrogen and oxygen atoms in total. The summed E-state index contributed by atoms with van der Waals surface area (Å²) in [6.07, 6.45) is -2.64. The van der Waals surface area contributed by atoms with Gasteiger partial charge in [-0.25, -0.2) is 0 Å². The fourth-order valence-corrected chi connectivity index (χ4v) is 2.67. The second-order valence-corrected chi connectivity index (χ2v) is 6.18. The van der Waals surface area contributed by atoms with E-state index in [-0.39, 0.29) is 12.3 Å². The average Bonchev–Trinajstić information content (AvgIpc) is 2.62. The largest absolute Gasteiger partial charge is 0.416 e. The Morgan fingerprint density at radius 3 is 2.22 bits per heavy atom. The van der Waals surface area contributed by atoms with Gasteiger partial charge in [0.2, 0.25) is 5.91 Å². The van der Waals surface area contributed by atoms with Crippen molar-refractivity contribution in [3.8, 4) is 11.1 Å². The molecule has 0 spiro atoms. The van der Waals surface area contributed by atoms with E-state index in [9.17, 15) is 18.0 Å². The Bertz CT molecular complexity index is 933. The summed E-state index contributed by atoms with van der Waals surface area (Å²) in [6.45, 7) is 1.92. The van der Waals surface area contributed by atoms with E-state index >= 15 is 0 Å². The topological polar surface area (TPSA) is 42.0 Å². The number of anilines is 1. The van der Waals surface area contributed by atoms with Crippen LogP contribution in [0.5, 0.6) is 0 Å². The monoisotopic (exact) mass is 370 g/mol. The van der Waals surface area contributed by atoms with Crippen LogP contribution < -0.4 is 5.32 Å². The number of amides is 1. The van der Waals surface area contributed by atoms with Gasteiger partial charge in [0.1, 0.15) is 0 Å². The summed E-state index contributed by atoms with van der Waals surface area (Å²) in [6, 6.07) is 15.8. The fraction of sp³-hybridized carbons (Fsp3) is 0.143. The minimum absolute atomic E-state index is 0.00341. The predicted octanol–water partition coefficient (Wildman–Crippen LogP) is 5.26. The third kappa shape index (κ3) is 4.94. The average molecular weight is 370 g/mol. The van der Waals surface area contributed by atoms with Crippen LogP contribution in [0, 0.1) is 6.92 Å². The molecule has 0 saturated heterocycles. The molecule has 1 N–H and O–H groups in total. The Morgan fingerprint density at radius 1 is 0.963 bits per heavy atom. The van der Waals surface area contributed by atoms with Gasteiger partial charge in [-0.2, -0.15) is 13.2 Å². The van der Waals surface area contributed by atoms with Crippen LogP contribution in [0.4, 0.5) is 18.9 Å². The Kier molecular flexibility index (Phi) is 5.26. The highest BCUT2D eigenvalue weighted by molar-refractivity contribution is 5.92. The summed E-state index contributed by atoms with van der Waals surface area (Å²) >= 11 is 0. The first-order chi connectivity index (χ1) is 12.8. The second-order valence-electron chi connectivity index (χ2n) is 6.18. The van der Waals surface area contributed by atoms with Gasteiger partial charge in [0.05, 0.1) is 12.0 Å². The number of halogens is 3. The molecule has 1 heterocycles. The highest BCUT2D eigenvalue weighted by Crippen LogP contribution is 2.29. The maximum Gasteiger partial charge on any atom is 0.416 e. The molecule has 1 amide bonds. The number of hydrogen-bond acceptors (Lipinski definition) is 2. The van der Waals surface area contributed by atoms with Crippen LogP contribution in [0.15, 0.2) is 66.9 Å². The van der Waals surface area contributed by atoms with E-state index in [1.807, 2.05) is 31.2 Å². The molecule has 0 aliphatic heterocycles. The van der Waals surface area contributed by atoms with Gasteiger partial charge in [-0.1, -0.05) is 24.3 Å². The molecule has 3 aromatic rings. The minimum Gasteiger partial charge on any atom is -0.326 e. The van der Waals surface area contributed by atoms with Crippen LogP contribution in [0.1, 0.15) is 16.8 Å². The van der Waals surface area contributed by atoms with Crippen LogP contribution in [-0.4, -0.2) is 10.9 Å². The first kappa shape index (κ1) is 18.6. The molecule has 6 heteroatoms. The zero-order valence-electron chi connectivity index (χ0n) is 14.5. The number of pyridine rings is 1. The Labute approximate surface area is 154 Å². The van der Waals surface area contributed by atoms with Crippen molar-refractivity contribution in [2.45, 2.75) is 19.5 Å². The number of carbonyl (C=O) groups is 1. The molecule has 0 aliphatic carbocycles. The van der Waals surface area contributed by atoms with Crippen molar-refractivity contribution in [3.63, 3.8) is 0 Å². The van der Waals surface area contributed by atoms with Gasteiger partial charge in [0.15, 0.2) is 0 Å². The molecule has 1 aromatic heterocycles. The third-order valence-electron chi connectivity index (χ3n) is 4.04. The third-order valence-corrected chi connectivity index (χ3v) is 4.04. The summed E-state index contributed by atoms with van der Waals surface area (Å²) in [7, 11) is 0.